The van der Waals surface area contributed by atoms with Gasteiger partial charge in [-0.2, -0.15) is 11.8 Å². The summed E-state index contributed by atoms with van der Waals surface area (Å²) in [4.78, 5) is 10.6. The molecule has 1 saturated carbocycles. The van der Waals surface area contributed by atoms with Crippen molar-refractivity contribution in [3.63, 3.8) is 0 Å². The number of para-hydroxylation sites is 1. The average Bonchev–Trinajstić information content (AvgIpc) is 2.84. The molecule has 1 aliphatic carbocycles. The highest BCUT2D eigenvalue weighted by atomic mass is 32.2. The van der Waals surface area contributed by atoms with Crippen LogP contribution < -0.4 is 5.32 Å². The van der Waals surface area contributed by atoms with Gasteiger partial charge in [0.25, 0.3) is 5.69 Å². The van der Waals surface area contributed by atoms with Gasteiger partial charge in [0, 0.05) is 29.5 Å². The third kappa shape index (κ3) is 3.03. The van der Waals surface area contributed by atoms with Crippen molar-refractivity contribution in [3.8, 4) is 0 Å². The van der Waals surface area contributed by atoms with E-state index in [1.54, 1.807) is 12.1 Å². The first-order valence-corrected chi connectivity index (χ1v) is 7.49. The molecule has 4 nitrogen and oxygen atoms in total. The molecule has 5 heteroatoms. The molecule has 0 spiro atoms. The predicted molar refractivity (Wildman–Crippen MR) is 74.9 cm³/mol. The molecule has 2 unspecified atom stereocenters. The molecule has 0 saturated heterocycles. The van der Waals surface area contributed by atoms with Crippen molar-refractivity contribution in [2.24, 2.45) is 0 Å². The SMILES string of the molecule is CSC1CCCC1NCc1ccccc1[N+](=O)[O-]. The molecule has 0 heterocycles. The molecule has 1 aliphatic rings. The molecular weight excluding hydrogens is 248 g/mol. The van der Waals surface area contributed by atoms with Gasteiger partial charge in [0.15, 0.2) is 0 Å². The van der Waals surface area contributed by atoms with Crippen LogP contribution in [-0.4, -0.2) is 22.5 Å². The highest BCUT2D eigenvalue weighted by Crippen LogP contribution is 2.29. The lowest BCUT2D eigenvalue weighted by Crippen LogP contribution is -2.33. The Balaban J connectivity index is 2.00. The Morgan fingerprint density at radius 2 is 2.22 bits per heavy atom. The van der Waals surface area contributed by atoms with Gasteiger partial charge in [0.05, 0.1) is 4.92 Å². The van der Waals surface area contributed by atoms with Gasteiger partial charge in [-0.05, 0) is 19.1 Å². The van der Waals surface area contributed by atoms with Crippen molar-refractivity contribution in [2.75, 3.05) is 6.26 Å². The van der Waals surface area contributed by atoms with E-state index in [4.69, 9.17) is 0 Å². The minimum absolute atomic E-state index is 0.212. The Kier molecular flexibility index (Phi) is 4.60. The lowest BCUT2D eigenvalue weighted by Gasteiger charge is -2.19. The first kappa shape index (κ1) is 13.4. The fourth-order valence-electron chi connectivity index (χ4n) is 2.52. The number of nitro groups is 1. The van der Waals surface area contributed by atoms with E-state index in [0.717, 1.165) is 5.56 Å². The maximum atomic E-state index is 10.9. The number of nitro benzene ring substituents is 1. The molecule has 2 rings (SSSR count). The van der Waals surface area contributed by atoms with Crippen molar-refractivity contribution in [1.29, 1.82) is 0 Å². The minimum Gasteiger partial charge on any atom is -0.309 e. The van der Waals surface area contributed by atoms with Crippen LogP contribution in [0.25, 0.3) is 0 Å². The summed E-state index contributed by atoms with van der Waals surface area (Å²) in [6.07, 6.45) is 5.80. The van der Waals surface area contributed by atoms with Crippen LogP contribution in [0.4, 0.5) is 5.69 Å². The fourth-order valence-corrected chi connectivity index (χ4v) is 3.48. The van der Waals surface area contributed by atoms with Crippen LogP contribution in [0.1, 0.15) is 24.8 Å². The van der Waals surface area contributed by atoms with E-state index >= 15 is 0 Å². The molecule has 0 radical (unpaired) electrons. The molecule has 1 aromatic rings. The van der Waals surface area contributed by atoms with E-state index in [2.05, 4.69) is 11.6 Å². The number of nitrogens with zero attached hydrogens (tertiary/aromatic N) is 1. The minimum atomic E-state index is -0.308. The molecule has 0 aliphatic heterocycles. The summed E-state index contributed by atoms with van der Waals surface area (Å²) in [6, 6.07) is 7.44. The van der Waals surface area contributed by atoms with Crippen molar-refractivity contribution < 1.29 is 4.92 Å². The van der Waals surface area contributed by atoms with Gasteiger partial charge in [-0.1, -0.05) is 24.6 Å². The zero-order valence-corrected chi connectivity index (χ0v) is 11.3. The second kappa shape index (κ2) is 6.20. The normalized spacial score (nSPS) is 23.2. The van der Waals surface area contributed by atoms with Crippen LogP contribution in [-0.2, 0) is 6.54 Å². The molecule has 0 bridgehead atoms. The maximum Gasteiger partial charge on any atom is 0.273 e. The van der Waals surface area contributed by atoms with E-state index in [0.29, 0.717) is 17.8 Å². The number of rotatable bonds is 5. The van der Waals surface area contributed by atoms with Crippen molar-refractivity contribution >= 4 is 17.4 Å². The molecule has 0 aromatic heterocycles. The number of thioether (sulfide) groups is 1. The van der Waals surface area contributed by atoms with E-state index in [9.17, 15) is 10.1 Å². The van der Waals surface area contributed by atoms with Crippen molar-refractivity contribution in [1.82, 2.24) is 5.32 Å². The van der Waals surface area contributed by atoms with Crippen LogP contribution >= 0.6 is 11.8 Å². The zero-order chi connectivity index (χ0) is 13.0. The Morgan fingerprint density at radius 3 is 2.94 bits per heavy atom. The second-order valence-electron chi connectivity index (χ2n) is 4.58. The molecule has 1 N–H and O–H groups in total. The summed E-state index contributed by atoms with van der Waals surface area (Å²) >= 11 is 1.89. The summed E-state index contributed by atoms with van der Waals surface area (Å²) < 4.78 is 0. The van der Waals surface area contributed by atoms with E-state index < -0.39 is 0 Å². The van der Waals surface area contributed by atoms with Gasteiger partial charge >= 0.3 is 0 Å². The third-order valence-electron chi connectivity index (χ3n) is 3.50. The summed E-state index contributed by atoms with van der Waals surface area (Å²) in [5.74, 6) is 0. The zero-order valence-electron chi connectivity index (χ0n) is 10.5. The third-order valence-corrected chi connectivity index (χ3v) is 4.67. The van der Waals surface area contributed by atoms with Gasteiger partial charge < -0.3 is 5.32 Å². The smallest absolute Gasteiger partial charge is 0.273 e. The quantitative estimate of drug-likeness (QED) is 0.657. The molecular formula is C13H18N2O2S. The number of benzene rings is 1. The van der Waals surface area contributed by atoms with Crippen LogP contribution in [0.2, 0.25) is 0 Å². The molecule has 2 atom stereocenters. The Bertz CT molecular complexity index is 425. The number of hydrogen-bond donors (Lipinski definition) is 1. The van der Waals surface area contributed by atoms with Gasteiger partial charge in [0.2, 0.25) is 0 Å². The van der Waals surface area contributed by atoms with Gasteiger partial charge in [-0.15, -0.1) is 0 Å². The van der Waals surface area contributed by atoms with Crippen molar-refractivity contribution in [2.45, 2.75) is 37.1 Å². The van der Waals surface area contributed by atoms with Gasteiger partial charge in [-0.25, -0.2) is 0 Å². The molecule has 1 fully saturated rings. The Labute approximate surface area is 111 Å². The van der Waals surface area contributed by atoms with E-state index in [-0.39, 0.29) is 10.6 Å². The first-order chi connectivity index (χ1) is 8.72. The summed E-state index contributed by atoms with van der Waals surface area (Å²) in [6.45, 7) is 0.582. The van der Waals surface area contributed by atoms with Crippen LogP contribution in [0, 0.1) is 10.1 Å². The Morgan fingerprint density at radius 1 is 1.44 bits per heavy atom. The molecule has 18 heavy (non-hydrogen) atoms. The lowest BCUT2D eigenvalue weighted by atomic mass is 10.1. The topological polar surface area (TPSA) is 55.2 Å². The van der Waals surface area contributed by atoms with Crippen LogP contribution in [0.15, 0.2) is 24.3 Å². The standard InChI is InChI=1S/C13H18N2O2S/c1-18-13-8-4-6-11(13)14-9-10-5-2-3-7-12(10)15(16)17/h2-3,5,7,11,13-14H,4,6,8-9H2,1H3. The summed E-state index contributed by atoms with van der Waals surface area (Å²) in [5.41, 5.74) is 0.984. The molecule has 0 amide bonds. The molecule has 98 valence electrons. The van der Waals surface area contributed by atoms with E-state index in [1.807, 2.05) is 23.9 Å². The van der Waals surface area contributed by atoms with Crippen molar-refractivity contribution in [3.05, 3.63) is 39.9 Å². The summed E-state index contributed by atoms with van der Waals surface area (Å²) in [7, 11) is 0. The lowest BCUT2D eigenvalue weighted by molar-refractivity contribution is -0.385. The maximum absolute atomic E-state index is 10.9. The summed E-state index contributed by atoms with van der Waals surface area (Å²) in [5, 5.41) is 15.0. The first-order valence-electron chi connectivity index (χ1n) is 6.21. The number of hydrogen-bond acceptors (Lipinski definition) is 4. The number of nitrogens with one attached hydrogen (secondary N) is 1. The largest absolute Gasteiger partial charge is 0.309 e. The average molecular weight is 266 g/mol. The predicted octanol–water partition coefficient (Wildman–Crippen LogP) is 2.97. The Hall–Kier alpha value is -1.07. The van der Waals surface area contributed by atoms with Crippen LogP contribution in [0.3, 0.4) is 0 Å². The van der Waals surface area contributed by atoms with E-state index in [1.165, 1.54) is 19.3 Å². The van der Waals surface area contributed by atoms with Gasteiger partial charge in [-0.3, -0.25) is 10.1 Å². The van der Waals surface area contributed by atoms with Crippen LogP contribution in [0.5, 0.6) is 0 Å². The van der Waals surface area contributed by atoms with Gasteiger partial charge in [0.1, 0.15) is 0 Å². The highest BCUT2D eigenvalue weighted by Gasteiger charge is 2.26. The molecule has 1 aromatic carbocycles. The monoisotopic (exact) mass is 266 g/mol. The fraction of sp³-hybridized carbons (Fsp3) is 0.538. The highest BCUT2D eigenvalue weighted by molar-refractivity contribution is 7.99. The second-order valence-corrected chi connectivity index (χ2v) is 5.66.